The molecule has 2 aliphatic heterocycles. The first-order valence-corrected chi connectivity index (χ1v) is 7.42. The van der Waals surface area contributed by atoms with E-state index in [1.165, 1.54) is 37.2 Å². The van der Waals surface area contributed by atoms with Crippen molar-refractivity contribution in [3.63, 3.8) is 0 Å². The molecule has 0 aliphatic carbocycles. The summed E-state index contributed by atoms with van der Waals surface area (Å²) in [6.45, 7) is 11.1. The SMILES string of the molecule is CC(C)(C)c1ccc(N2CCC3(CCOC3)C2)cc1. The van der Waals surface area contributed by atoms with Gasteiger partial charge in [0, 0.05) is 30.8 Å². The van der Waals surface area contributed by atoms with E-state index in [1.54, 1.807) is 0 Å². The number of hydrogen-bond acceptors (Lipinski definition) is 2. The number of benzene rings is 1. The number of anilines is 1. The van der Waals surface area contributed by atoms with E-state index in [4.69, 9.17) is 4.74 Å². The molecule has 2 aliphatic rings. The van der Waals surface area contributed by atoms with Crippen molar-refractivity contribution in [1.82, 2.24) is 0 Å². The highest BCUT2D eigenvalue weighted by Gasteiger charge is 2.41. The molecule has 2 heterocycles. The van der Waals surface area contributed by atoms with Gasteiger partial charge in [0.15, 0.2) is 0 Å². The Hall–Kier alpha value is -1.02. The largest absolute Gasteiger partial charge is 0.381 e. The fourth-order valence-corrected chi connectivity index (χ4v) is 3.30. The summed E-state index contributed by atoms with van der Waals surface area (Å²) in [5.74, 6) is 0. The highest BCUT2D eigenvalue weighted by atomic mass is 16.5. The minimum atomic E-state index is 0.240. The van der Waals surface area contributed by atoms with Crippen LogP contribution in [-0.4, -0.2) is 26.3 Å². The van der Waals surface area contributed by atoms with Gasteiger partial charge in [0.05, 0.1) is 6.61 Å². The van der Waals surface area contributed by atoms with Crippen LogP contribution < -0.4 is 4.90 Å². The van der Waals surface area contributed by atoms with Crippen LogP contribution in [0.25, 0.3) is 0 Å². The zero-order valence-corrected chi connectivity index (χ0v) is 12.4. The predicted molar refractivity (Wildman–Crippen MR) is 79.8 cm³/mol. The van der Waals surface area contributed by atoms with Crippen LogP contribution in [0.3, 0.4) is 0 Å². The molecule has 1 aromatic carbocycles. The summed E-state index contributed by atoms with van der Waals surface area (Å²) in [5, 5.41) is 0. The van der Waals surface area contributed by atoms with E-state index in [1.807, 2.05) is 0 Å². The topological polar surface area (TPSA) is 12.5 Å². The molecule has 3 rings (SSSR count). The smallest absolute Gasteiger partial charge is 0.0540 e. The molecule has 0 saturated carbocycles. The minimum Gasteiger partial charge on any atom is -0.381 e. The van der Waals surface area contributed by atoms with Crippen LogP contribution in [0.1, 0.15) is 39.2 Å². The predicted octanol–water partition coefficient (Wildman–Crippen LogP) is 3.60. The third-order valence-electron chi connectivity index (χ3n) is 4.72. The maximum absolute atomic E-state index is 5.60. The molecule has 1 spiro atoms. The normalized spacial score (nSPS) is 27.4. The van der Waals surface area contributed by atoms with Gasteiger partial charge in [-0.15, -0.1) is 0 Å². The highest BCUT2D eigenvalue weighted by Crippen LogP contribution is 2.40. The van der Waals surface area contributed by atoms with Crippen LogP contribution in [0, 0.1) is 5.41 Å². The molecule has 19 heavy (non-hydrogen) atoms. The average Bonchev–Trinajstić information content (AvgIpc) is 3.00. The number of nitrogens with zero attached hydrogens (tertiary/aromatic N) is 1. The van der Waals surface area contributed by atoms with Crippen LogP contribution in [0.2, 0.25) is 0 Å². The average molecular weight is 259 g/mol. The summed E-state index contributed by atoms with van der Waals surface area (Å²) in [6, 6.07) is 9.14. The summed E-state index contributed by atoms with van der Waals surface area (Å²) >= 11 is 0. The Morgan fingerprint density at radius 2 is 1.84 bits per heavy atom. The molecule has 1 aromatic rings. The first-order valence-electron chi connectivity index (χ1n) is 7.42. The van der Waals surface area contributed by atoms with Gasteiger partial charge in [-0.25, -0.2) is 0 Å². The molecule has 0 aromatic heterocycles. The van der Waals surface area contributed by atoms with Gasteiger partial charge < -0.3 is 9.64 Å². The Kier molecular flexibility index (Phi) is 3.09. The molecule has 1 atom stereocenters. The Balaban J connectivity index is 1.73. The molecule has 2 heteroatoms. The molecule has 1 unspecified atom stereocenters. The van der Waals surface area contributed by atoms with Gasteiger partial charge in [0.25, 0.3) is 0 Å². The Morgan fingerprint density at radius 3 is 2.42 bits per heavy atom. The quantitative estimate of drug-likeness (QED) is 0.764. The van der Waals surface area contributed by atoms with Gasteiger partial charge in [-0.2, -0.15) is 0 Å². The van der Waals surface area contributed by atoms with E-state index >= 15 is 0 Å². The van der Waals surface area contributed by atoms with Gasteiger partial charge in [0.2, 0.25) is 0 Å². The van der Waals surface area contributed by atoms with E-state index in [2.05, 4.69) is 49.9 Å². The van der Waals surface area contributed by atoms with E-state index in [-0.39, 0.29) is 5.41 Å². The fraction of sp³-hybridized carbons (Fsp3) is 0.647. The lowest BCUT2D eigenvalue weighted by Crippen LogP contribution is -2.27. The van der Waals surface area contributed by atoms with Crippen molar-refractivity contribution in [1.29, 1.82) is 0 Å². The molecule has 0 N–H and O–H groups in total. The zero-order valence-electron chi connectivity index (χ0n) is 12.4. The second kappa shape index (κ2) is 4.52. The standard InChI is InChI=1S/C17H25NO/c1-16(2,3)14-4-6-15(7-5-14)18-10-8-17(12-18)9-11-19-13-17/h4-7H,8-13H2,1-3H3. The van der Waals surface area contributed by atoms with Gasteiger partial charge >= 0.3 is 0 Å². The lowest BCUT2D eigenvalue weighted by atomic mass is 9.86. The second-order valence-electron chi connectivity index (χ2n) is 7.27. The Morgan fingerprint density at radius 1 is 1.11 bits per heavy atom. The van der Waals surface area contributed by atoms with Crippen molar-refractivity contribution in [2.45, 2.75) is 39.0 Å². The van der Waals surface area contributed by atoms with Crippen LogP contribution in [0.5, 0.6) is 0 Å². The molecule has 0 bridgehead atoms. The number of rotatable bonds is 1. The maximum atomic E-state index is 5.60. The molecule has 2 saturated heterocycles. The summed E-state index contributed by atoms with van der Waals surface area (Å²) < 4.78 is 5.60. The van der Waals surface area contributed by atoms with Gasteiger partial charge in [-0.3, -0.25) is 0 Å². The van der Waals surface area contributed by atoms with Gasteiger partial charge in [0.1, 0.15) is 0 Å². The van der Waals surface area contributed by atoms with Crippen molar-refractivity contribution >= 4 is 5.69 Å². The first kappa shape index (κ1) is 13.0. The van der Waals surface area contributed by atoms with Crippen LogP contribution in [0.15, 0.2) is 24.3 Å². The zero-order chi connectivity index (χ0) is 13.5. The van der Waals surface area contributed by atoms with E-state index < -0.39 is 0 Å². The van der Waals surface area contributed by atoms with Crippen molar-refractivity contribution < 1.29 is 4.74 Å². The molecular weight excluding hydrogens is 234 g/mol. The molecule has 2 nitrogen and oxygen atoms in total. The van der Waals surface area contributed by atoms with Crippen molar-refractivity contribution in [2.75, 3.05) is 31.2 Å². The van der Waals surface area contributed by atoms with Crippen molar-refractivity contribution in [3.8, 4) is 0 Å². The van der Waals surface area contributed by atoms with Gasteiger partial charge in [-0.1, -0.05) is 32.9 Å². The lowest BCUT2D eigenvalue weighted by Gasteiger charge is -2.25. The molecule has 2 fully saturated rings. The van der Waals surface area contributed by atoms with Gasteiger partial charge in [-0.05, 0) is 36.0 Å². The van der Waals surface area contributed by atoms with E-state index in [0.29, 0.717) is 5.41 Å². The summed E-state index contributed by atoms with van der Waals surface area (Å²) in [7, 11) is 0. The first-order chi connectivity index (χ1) is 8.99. The van der Waals surface area contributed by atoms with E-state index in [9.17, 15) is 0 Å². The molecule has 0 radical (unpaired) electrons. The van der Waals surface area contributed by atoms with E-state index in [0.717, 1.165) is 13.2 Å². The summed E-state index contributed by atoms with van der Waals surface area (Å²) in [4.78, 5) is 2.53. The molecule has 104 valence electrons. The monoisotopic (exact) mass is 259 g/mol. The third-order valence-corrected chi connectivity index (χ3v) is 4.72. The number of hydrogen-bond donors (Lipinski definition) is 0. The Bertz CT molecular complexity index is 437. The number of ether oxygens (including phenoxy) is 1. The van der Waals surface area contributed by atoms with Crippen molar-refractivity contribution in [3.05, 3.63) is 29.8 Å². The fourth-order valence-electron chi connectivity index (χ4n) is 3.30. The summed E-state index contributed by atoms with van der Waals surface area (Å²) in [6.07, 6.45) is 2.53. The van der Waals surface area contributed by atoms with Crippen LogP contribution in [-0.2, 0) is 10.2 Å². The molecule has 0 amide bonds. The van der Waals surface area contributed by atoms with Crippen LogP contribution in [0.4, 0.5) is 5.69 Å². The summed E-state index contributed by atoms with van der Waals surface area (Å²) in [5.41, 5.74) is 3.47. The minimum absolute atomic E-state index is 0.240. The van der Waals surface area contributed by atoms with Crippen LogP contribution >= 0.6 is 0 Å². The molecular formula is C17H25NO. The third kappa shape index (κ3) is 2.51. The Labute approximate surface area is 116 Å². The lowest BCUT2D eigenvalue weighted by molar-refractivity contribution is 0.160. The second-order valence-corrected chi connectivity index (χ2v) is 7.27. The highest BCUT2D eigenvalue weighted by molar-refractivity contribution is 5.50. The van der Waals surface area contributed by atoms with Crippen molar-refractivity contribution in [2.24, 2.45) is 5.41 Å². The maximum Gasteiger partial charge on any atom is 0.0540 e.